The summed E-state index contributed by atoms with van der Waals surface area (Å²) in [6.45, 7) is 5.09. The highest BCUT2D eigenvalue weighted by Gasteiger charge is 2.28. The molecule has 1 amide bonds. The number of ether oxygens (including phenoxy) is 2. The van der Waals surface area contributed by atoms with Gasteiger partial charge in [-0.15, -0.1) is 0 Å². The summed E-state index contributed by atoms with van der Waals surface area (Å²) in [5, 5.41) is 6.11. The van der Waals surface area contributed by atoms with Gasteiger partial charge in [-0.05, 0) is 24.6 Å². The summed E-state index contributed by atoms with van der Waals surface area (Å²) in [5.74, 6) is 0.789. The molecule has 0 aromatic heterocycles. The van der Waals surface area contributed by atoms with Gasteiger partial charge in [0.25, 0.3) is 0 Å². The zero-order valence-electron chi connectivity index (χ0n) is 12.2. The van der Waals surface area contributed by atoms with Crippen LogP contribution in [0.25, 0.3) is 0 Å². The lowest BCUT2D eigenvalue weighted by Gasteiger charge is -2.19. The van der Waals surface area contributed by atoms with Crippen LogP contribution in [0.4, 0.5) is 0 Å². The molecule has 1 aliphatic heterocycles. The first-order chi connectivity index (χ1) is 9.60. The van der Waals surface area contributed by atoms with E-state index in [1.807, 2.05) is 31.2 Å². The van der Waals surface area contributed by atoms with Crippen molar-refractivity contribution in [1.29, 1.82) is 0 Å². The van der Waals surface area contributed by atoms with Gasteiger partial charge in [-0.1, -0.05) is 12.1 Å². The zero-order valence-corrected chi connectivity index (χ0v) is 12.2. The molecule has 20 heavy (non-hydrogen) atoms. The SMILES string of the molecule is COC1CNCC1Oc1ccc(C(C)NC(C)=O)cc1. The predicted molar refractivity (Wildman–Crippen MR) is 76.8 cm³/mol. The second-order valence-corrected chi connectivity index (χ2v) is 5.08. The van der Waals surface area contributed by atoms with Gasteiger partial charge in [0.1, 0.15) is 18.0 Å². The molecule has 1 fully saturated rings. The molecule has 0 saturated carbocycles. The largest absolute Gasteiger partial charge is 0.486 e. The Hall–Kier alpha value is -1.59. The molecule has 0 spiro atoms. The number of amides is 1. The third-order valence-corrected chi connectivity index (χ3v) is 3.50. The monoisotopic (exact) mass is 278 g/mol. The molecule has 0 aliphatic carbocycles. The van der Waals surface area contributed by atoms with Crippen molar-refractivity contribution in [3.05, 3.63) is 29.8 Å². The van der Waals surface area contributed by atoms with Crippen molar-refractivity contribution in [1.82, 2.24) is 10.6 Å². The smallest absolute Gasteiger partial charge is 0.217 e. The van der Waals surface area contributed by atoms with Crippen LogP contribution in [-0.4, -0.2) is 38.3 Å². The molecule has 110 valence electrons. The highest BCUT2D eigenvalue weighted by molar-refractivity contribution is 5.73. The Morgan fingerprint density at radius 3 is 2.55 bits per heavy atom. The van der Waals surface area contributed by atoms with Crippen LogP contribution in [0.1, 0.15) is 25.5 Å². The summed E-state index contributed by atoms with van der Waals surface area (Å²) in [4.78, 5) is 11.0. The fourth-order valence-corrected chi connectivity index (χ4v) is 2.38. The van der Waals surface area contributed by atoms with E-state index in [2.05, 4.69) is 10.6 Å². The first-order valence-electron chi connectivity index (χ1n) is 6.87. The van der Waals surface area contributed by atoms with Gasteiger partial charge in [-0.25, -0.2) is 0 Å². The third kappa shape index (κ3) is 3.71. The first-order valence-corrected chi connectivity index (χ1v) is 6.87. The van der Waals surface area contributed by atoms with Crippen LogP contribution in [0, 0.1) is 0 Å². The molecule has 1 saturated heterocycles. The molecule has 1 aromatic carbocycles. The van der Waals surface area contributed by atoms with E-state index in [0.29, 0.717) is 0 Å². The molecular weight excluding hydrogens is 256 g/mol. The van der Waals surface area contributed by atoms with E-state index in [1.54, 1.807) is 7.11 Å². The van der Waals surface area contributed by atoms with Crippen molar-refractivity contribution in [2.24, 2.45) is 0 Å². The average molecular weight is 278 g/mol. The molecule has 1 heterocycles. The minimum atomic E-state index is -0.0298. The van der Waals surface area contributed by atoms with E-state index in [1.165, 1.54) is 6.92 Å². The quantitative estimate of drug-likeness (QED) is 0.851. The zero-order chi connectivity index (χ0) is 14.5. The van der Waals surface area contributed by atoms with E-state index in [-0.39, 0.29) is 24.2 Å². The van der Waals surface area contributed by atoms with E-state index in [0.717, 1.165) is 24.4 Å². The Kier molecular flexibility index (Phi) is 4.98. The van der Waals surface area contributed by atoms with Crippen molar-refractivity contribution >= 4 is 5.91 Å². The lowest BCUT2D eigenvalue weighted by Crippen LogP contribution is -2.31. The lowest BCUT2D eigenvalue weighted by molar-refractivity contribution is -0.119. The van der Waals surface area contributed by atoms with Crippen molar-refractivity contribution in [2.75, 3.05) is 20.2 Å². The van der Waals surface area contributed by atoms with Crippen LogP contribution in [0.2, 0.25) is 0 Å². The number of carbonyl (C=O) groups is 1. The van der Waals surface area contributed by atoms with E-state index in [9.17, 15) is 4.79 Å². The lowest BCUT2D eigenvalue weighted by atomic mass is 10.1. The first kappa shape index (κ1) is 14.8. The normalized spacial score (nSPS) is 23.4. The van der Waals surface area contributed by atoms with Gasteiger partial charge in [0.15, 0.2) is 0 Å². The molecule has 3 atom stereocenters. The second kappa shape index (κ2) is 6.72. The van der Waals surface area contributed by atoms with Crippen LogP contribution in [0.15, 0.2) is 24.3 Å². The van der Waals surface area contributed by atoms with Crippen LogP contribution in [-0.2, 0) is 9.53 Å². The highest BCUT2D eigenvalue weighted by atomic mass is 16.5. The van der Waals surface area contributed by atoms with Gasteiger partial charge in [0, 0.05) is 27.1 Å². The number of nitrogens with one attached hydrogen (secondary N) is 2. The summed E-state index contributed by atoms with van der Waals surface area (Å²) in [6.07, 6.45) is 0.131. The van der Waals surface area contributed by atoms with Crippen LogP contribution < -0.4 is 15.4 Å². The Balaban J connectivity index is 1.96. The minimum Gasteiger partial charge on any atom is -0.486 e. The molecule has 5 heteroatoms. The van der Waals surface area contributed by atoms with Gasteiger partial charge >= 0.3 is 0 Å². The fraction of sp³-hybridized carbons (Fsp3) is 0.533. The molecule has 1 aromatic rings. The van der Waals surface area contributed by atoms with E-state index in [4.69, 9.17) is 9.47 Å². The van der Waals surface area contributed by atoms with Crippen molar-refractivity contribution < 1.29 is 14.3 Å². The molecule has 0 bridgehead atoms. The standard InChI is InChI=1S/C15H22N2O3/c1-10(17-11(2)18)12-4-6-13(7-5-12)20-15-9-16-8-14(15)19-3/h4-7,10,14-16H,8-9H2,1-3H3,(H,17,18). The van der Waals surface area contributed by atoms with E-state index >= 15 is 0 Å². The Morgan fingerprint density at radius 1 is 1.30 bits per heavy atom. The van der Waals surface area contributed by atoms with Crippen molar-refractivity contribution in [2.45, 2.75) is 32.1 Å². The molecule has 3 unspecified atom stereocenters. The summed E-state index contributed by atoms with van der Waals surface area (Å²) in [5.41, 5.74) is 1.06. The average Bonchev–Trinajstić information content (AvgIpc) is 2.86. The number of benzene rings is 1. The van der Waals surface area contributed by atoms with Crippen molar-refractivity contribution in [3.63, 3.8) is 0 Å². The van der Waals surface area contributed by atoms with Gasteiger partial charge in [-0.3, -0.25) is 4.79 Å². The summed E-state index contributed by atoms with van der Waals surface area (Å²) < 4.78 is 11.3. The topological polar surface area (TPSA) is 59.6 Å². The molecule has 2 rings (SSSR count). The maximum atomic E-state index is 11.0. The maximum absolute atomic E-state index is 11.0. The maximum Gasteiger partial charge on any atom is 0.217 e. The number of methoxy groups -OCH3 is 1. The molecule has 2 N–H and O–H groups in total. The summed E-state index contributed by atoms with van der Waals surface area (Å²) in [7, 11) is 1.70. The predicted octanol–water partition coefficient (Wildman–Crippen LogP) is 1.25. The van der Waals surface area contributed by atoms with Crippen LogP contribution in [0.3, 0.4) is 0 Å². The number of carbonyl (C=O) groups excluding carboxylic acids is 1. The van der Waals surface area contributed by atoms with E-state index < -0.39 is 0 Å². The summed E-state index contributed by atoms with van der Waals surface area (Å²) >= 11 is 0. The minimum absolute atomic E-state index is 0.00132. The second-order valence-electron chi connectivity index (χ2n) is 5.08. The number of rotatable bonds is 5. The van der Waals surface area contributed by atoms with Gasteiger partial charge < -0.3 is 20.1 Å². The molecular formula is C15H22N2O3. The number of hydrogen-bond acceptors (Lipinski definition) is 4. The van der Waals surface area contributed by atoms with Gasteiger partial charge in [-0.2, -0.15) is 0 Å². The van der Waals surface area contributed by atoms with Crippen molar-refractivity contribution in [3.8, 4) is 5.75 Å². The number of hydrogen-bond donors (Lipinski definition) is 2. The molecule has 5 nitrogen and oxygen atoms in total. The summed E-state index contributed by atoms with van der Waals surface area (Å²) in [6, 6.07) is 7.80. The highest BCUT2D eigenvalue weighted by Crippen LogP contribution is 2.20. The third-order valence-electron chi connectivity index (χ3n) is 3.50. The molecule has 0 radical (unpaired) electrons. The fourth-order valence-electron chi connectivity index (χ4n) is 2.38. The Morgan fingerprint density at radius 2 is 1.95 bits per heavy atom. The van der Waals surface area contributed by atoms with Crippen LogP contribution in [0.5, 0.6) is 5.75 Å². The molecule has 1 aliphatic rings. The van der Waals surface area contributed by atoms with Crippen LogP contribution >= 0.6 is 0 Å². The Bertz CT molecular complexity index is 447. The Labute approximate surface area is 119 Å². The van der Waals surface area contributed by atoms with Gasteiger partial charge in [0.05, 0.1) is 6.04 Å². The van der Waals surface area contributed by atoms with Gasteiger partial charge in [0.2, 0.25) is 5.91 Å².